The Kier molecular flexibility index (Phi) is 2.51. The minimum absolute atomic E-state index is 0.163. The topological polar surface area (TPSA) is 53.8 Å². The monoisotopic (exact) mass is 200 g/mol. The van der Waals surface area contributed by atoms with Crippen LogP contribution in [0.5, 0.6) is 0 Å². The summed E-state index contributed by atoms with van der Waals surface area (Å²) in [6.45, 7) is 0. The van der Waals surface area contributed by atoms with Crippen LogP contribution in [0.2, 0.25) is 0 Å². The predicted octanol–water partition coefficient (Wildman–Crippen LogP) is 1.78. The van der Waals surface area contributed by atoms with E-state index < -0.39 is 17.6 Å². The van der Waals surface area contributed by atoms with E-state index in [1.165, 1.54) is 6.07 Å². The highest BCUT2D eigenvalue weighted by molar-refractivity contribution is 5.72. The van der Waals surface area contributed by atoms with Gasteiger partial charge in [0, 0.05) is 0 Å². The molecule has 0 bridgehead atoms. The van der Waals surface area contributed by atoms with Crippen LogP contribution < -0.4 is 0 Å². The average Bonchev–Trinajstić information content (AvgIpc) is 2.15. The van der Waals surface area contributed by atoms with Gasteiger partial charge in [-0.15, -0.1) is 0 Å². The quantitative estimate of drug-likeness (QED) is 0.649. The summed E-state index contributed by atoms with van der Waals surface area (Å²) in [4.78, 5) is 13.2. The molecular formula is C8H3F3N2O. The van der Waals surface area contributed by atoms with E-state index in [4.69, 9.17) is 5.26 Å². The molecule has 0 aliphatic rings. The van der Waals surface area contributed by atoms with Crippen molar-refractivity contribution in [2.45, 2.75) is 6.18 Å². The number of carbonyl (C=O) groups is 1. The minimum Gasteiger partial charge on any atom is -0.296 e. The van der Waals surface area contributed by atoms with Crippen LogP contribution in [0.3, 0.4) is 0 Å². The number of pyridine rings is 1. The first kappa shape index (κ1) is 10.2. The average molecular weight is 200 g/mol. The zero-order valence-electron chi connectivity index (χ0n) is 6.67. The molecule has 1 rings (SSSR count). The van der Waals surface area contributed by atoms with Crippen LogP contribution in [0.25, 0.3) is 0 Å². The van der Waals surface area contributed by atoms with Crippen LogP contribution in [0, 0.1) is 11.3 Å². The van der Waals surface area contributed by atoms with Crippen molar-refractivity contribution in [3.63, 3.8) is 0 Å². The Hall–Kier alpha value is -1.90. The van der Waals surface area contributed by atoms with Crippen molar-refractivity contribution in [1.29, 1.82) is 5.26 Å². The molecule has 0 spiro atoms. The third-order valence-corrected chi connectivity index (χ3v) is 1.39. The zero-order chi connectivity index (χ0) is 10.8. The second-order valence-electron chi connectivity index (χ2n) is 2.39. The van der Waals surface area contributed by atoms with Crippen molar-refractivity contribution in [1.82, 2.24) is 4.98 Å². The number of hydrogen-bond acceptors (Lipinski definition) is 3. The van der Waals surface area contributed by atoms with Crippen LogP contribution in [-0.2, 0) is 6.18 Å². The van der Waals surface area contributed by atoms with E-state index in [1.54, 1.807) is 0 Å². The van der Waals surface area contributed by atoms with Crippen LogP contribution in [0.15, 0.2) is 12.1 Å². The standard InChI is InChI=1S/C8H3F3N2O/c9-8(10,11)7-2-5(3-12)1-6(4-14)13-7/h1-2,4H. The number of rotatable bonds is 1. The van der Waals surface area contributed by atoms with Crippen molar-refractivity contribution in [3.8, 4) is 6.07 Å². The maximum absolute atomic E-state index is 12.1. The van der Waals surface area contributed by atoms with E-state index >= 15 is 0 Å². The fraction of sp³-hybridized carbons (Fsp3) is 0.125. The molecular weight excluding hydrogens is 197 g/mol. The lowest BCUT2D eigenvalue weighted by atomic mass is 10.2. The Balaban J connectivity index is 3.33. The van der Waals surface area contributed by atoms with Gasteiger partial charge >= 0.3 is 6.18 Å². The molecule has 0 atom stereocenters. The molecule has 72 valence electrons. The smallest absolute Gasteiger partial charge is 0.296 e. The highest BCUT2D eigenvalue weighted by Crippen LogP contribution is 2.28. The summed E-state index contributed by atoms with van der Waals surface area (Å²) in [5.74, 6) is 0. The molecule has 0 aromatic carbocycles. The molecule has 0 unspecified atom stereocenters. The number of alkyl halides is 3. The van der Waals surface area contributed by atoms with Gasteiger partial charge in [0.2, 0.25) is 0 Å². The van der Waals surface area contributed by atoms with Crippen LogP contribution >= 0.6 is 0 Å². The molecule has 14 heavy (non-hydrogen) atoms. The number of aldehydes is 1. The summed E-state index contributed by atoms with van der Waals surface area (Å²) in [7, 11) is 0. The van der Waals surface area contributed by atoms with Crippen molar-refractivity contribution >= 4 is 6.29 Å². The summed E-state index contributed by atoms with van der Waals surface area (Å²) in [5, 5.41) is 8.39. The Morgan fingerprint density at radius 1 is 1.43 bits per heavy atom. The lowest BCUT2D eigenvalue weighted by molar-refractivity contribution is -0.141. The van der Waals surface area contributed by atoms with E-state index in [-0.39, 0.29) is 11.8 Å². The van der Waals surface area contributed by atoms with Gasteiger partial charge in [-0.2, -0.15) is 18.4 Å². The molecule has 0 radical (unpaired) electrons. The van der Waals surface area contributed by atoms with Crippen LogP contribution in [0.1, 0.15) is 21.7 Å². The lowest BCUT2D eigenvalue weighted by Gasteiger charge is -2.05. The van der Waals surface area contributed by atoms with Crippen molar-refractivity contribution in [3.05, 3.63) is 29.1 Å². The van der Waals surface area contributed by atoms with Gasteiger partial charge in [0.1, 0.15) is 11.4 Å². The molecule has 0 saturated carbocycles. The Bertz CT molecular complexity index is 406. The Labute approximate surface area is 76.8 Å². The molecule has 0 amide bonds. The van der Waals surface area contributed by atoms with Gasteiger partial charge in [0.25, 0.3) is 0 Å². The van der Waals surface area contributed by atoms with Gasteiger partial charge in [-0.1, -0.05) is 0 Å². The third-order valence-electron chi connectivity index (χ3n) is 1.39. The second kappa shape index (κ2) is 3.46. The first-order valence-corrected chi connectivity index (χ1v) is 3.42. The molecule has 0 saturated heterocycles. The zero-order valence-corrected chi connectivity index (χ0v) is 6.67. The van der Waals surface area contributed by atoms with Gasteiger partial charge < -0.3 is 0 Å². The molecule has 0 aliphatic heterocycles. The number of aromatic nitrogens is 1. The number of carbonyl (C=O) groups excluding carboxylic acids is 1. The van der Waals surface area contributed by atoms with Crippen molar-refractivity contribution in [2.24, 2.45) is 0 Å². The van der Waals surface area contributed by atoms with E-state index in [0.717, 1.165) is 6.07 Å². The Morgan fingerprint density at radius 2 is 2.07 bits per heavy atom. The molecule has 0 aliphatic carbocycles. The van der Waals surface area contributed by atoms with Gasteiger partial charge in [-0.25, -0.2) is 4.98 Å². The molecule has 1 heterocycles. The summed E-state index contributed by atoms with van der Waals surface area (Å²) < 4.78 is 36.4. The Morgan fingerprint density at radius 3 is 2.50 bits per heavy atom. The van der Waals surface area contributed by atoms with E-state index in [2.05, 4.69) is 4.98 Å². The number of hydrogen-bond donors (Lipinski definition) is 0. The first-order chi connectivity index (χ1) is 6.47. The molecule has 3 nitrogen and oxygen atoms in total. The third kappa shape index (κ3) is 2.07. The van der Waals surface area contributed by atoms with Gasteiger partial charge in [-0.3, -0.25) is 4.79 Å². The largest absolute Gasteiger partial charge is 0.433 e. The van der Waals surface area contributed by atoms with Crippen molar-refractivity contribution in [2.75, 3.05) is 0 Å². The number of nitrogens with zero attached hydrogens (tertiary/aromatic N) is 2. The summed E-state index contributed by atoms with van der Waals surface area (Å²) in [5.41, 5.74) is -1.88. The second-order valence-corrected chi connectivity index (χ2v) is 2.39. The maximum Gasteiger partial charge on any atom is 0.433 e. The fourth-order valence-electron chi connectivity index (χ4n) is 0.822. The molecule has 1 aromatic rings. The SMILES string of the molecule is N#Cc1cc(C=O)nc(C(F)(F)F)c1. The minimum atomic E-state index is -4.65. The maximum atomic E-state index is 12.1. The van der Waals surface area contributed by atoms with Gasteiger partial charge in [0.05, 0.1) is 11.6 Å². The predicted molar refractivity (Wildman–Crippen MR) is 39.3 cm³/mol. The summed E-state index contributed by atoms with van der Waals surface area (Å²) in [6, 6.07) is 3.09. The molecule has 6 heteroatoms. The molecule has 0 fully saturated rings. The van der Waals surface area contributed by atoms with Crippen LogP contribution in [-0.4, -0.2) is 11.3 Å². The highest BCUT2D eigenvalue weighted by Gasteiger charge is 2.33. The number of nitriles is 1. The fourth-order valence-corrected chi connectivity index (χ4v) is 0.822. The summed E-state index contributed by atoms with van der Waals surface area (Å²) >= 11 is 0. The van der Waals surface area contributed by atoms with Crippen LogP contribution in [0.4, 0.5) is 13.2 Å². The number of halogens is 3. The van der Waals surface area contributed by atoms with Gasteiger partial charge in [-0.05, 0) is 12.1 Å². The summed E-state index contributed by atoms with van der Waals surface area (Å²) in [6.07, 6.45) is -4.49. The van der Waals surface area contributed by atoms with Crippen molar-refractivity contribution < 1.29 is 18.0 Å². The van der Waals surface area contributed by atoms with E-state index in [1.807, 2.05) is 0 Å². The lowest BCUT2D eigenvalue weighted by Crippen LogP contribution is -2.09. The normalized spacial score (nSPS) is 10.7. The molecule has 0 N–H and O–H groups in total. The first-order valence-electron chi connectivity index (χ1n) is 3.42. The van der Waals surface area contributed by atoms with Gasteiger partial charge in [0.15, 0.2) is 6.29 Å². The van der Waals surface area contributed by atoms with E-state index in [9.17, 15) is 18.0 Å². The highest BCUT2D eigenvalue weighted by atomic mass is 19.4. The molecule has 1 aromatic heterocycles. The van der Waals surface area contributed by atoms with E-state index in [0.29, 0.717) is 6.07 Å².